The van der Waals surface area contributed by atoms with Crippen LogP contribution in [0, 0.1) is 0 Å². The zero-order valence-corrected chi connectivity index (χ0v) is 10.2. The van der Waals surface area contributed by atoms with E-state index < -0.39 is 16.6 Å². The van der Waals surface area contributed by atoms with Gasteiger partial charge in [-0.3, -0.25) is 0 Å². The van der Waals surface area contributed by atoms with Crippen LogP contribution in [0.2, 0.25) is 0 Å². The van der Waals surface area contributed by atoms with E-state index in [4.69, 9.17) is 5.73 Å². The SMILES string of the molecule is CC(C)(N)c1ccc2sc(C(F)(F)F)cc2c1. The Morgan fingerprint density at radius 2 is 1.76 bits per heavy atom. The number of benzene rings is 1. The van der Waals surface area contributed by atoms with E-state index in [0.29, 0.717) is 10.1 Å². The summed E-state index contributed by atoms with van der Waals surface area (Å²) >= 11 is 0.758. The van der Waals surface area contributed by atoms with Gasteiger partial charge >= 0.3 is 6.18 Å². The molecule has 0 aliphatic carbocycles. The van der Waals surface area contributed by atoms with Gasteiger partial charge in [0.2, 0.25) is 0 Å². The van der Waals surface area contributed by atoms with Crippen molar-refractivity contribution in [1.82, 2.24) is 0 Å². The number of rotatable bonds is 1. The standard InChI is InChI=1S/C12H12F3NS/c1-11(2,16)8-3-4-9-7(5-8)6-10(17-9)12(13,14)15/h3-6H,16H2,1-2H3. The fraction of sp³-hybridized carbons (Fsp3) is 0.333. The molecule has 2 N–H and O–H groups in total. The van der Waals surface area contributed by atoms with Gasteiger partial charge in [0.15, 0.2) is 0 Å². The van der Waals surface area contributed by atoms with Crippen LogP contribution in [-0.2, 0) is 11.7 Å². The van der Waals surface area contributed by atoms with E-state index in [0.717, 1.165) is 16.9 Å². The smallest absolute Gasteiger partial charge is 0.322 e. The van der Waals surface area contributed by atoms with Crippen LogP contribution in [0.1, 0.15) is 24.3 Å². The number of nitrogens with two attached hydrogens (primary N) is 1. The fourth-order valence-corrected chi connectivity index (χ4v) is 2.49. The third-order valence-electron chi connectivity index (χ3n) is 2.54. The van der Waals surface area contributed by atoms with Gasteiger partial charge < -0.3 is 5.73 Å². The Bertz CT molecular complexity index is 537. The molecular weight excluding hydrogens is 247 g/mol. The molecule has 17 heavy (non-hydrogen) atoms. The van der Waals surface area contributed by atoms with Crippen molar-refractivity contribution in [2.45, 2.75) is 25.6 Å². The lowest BCUT2D eigenvalue weighted by Crippen LogP contribution is -2.28. The van der Waals surface area contributed by atoms with Crippen LogP contribution in [-0.4, -0.2) is 0 Å². The molecule has 0 fully saturated rings. The van der Waals surface area contributed by atoms with E-state index in [-0.39, 0.29) is 0 Å². The largest absolute Gasteiger partial charge is 0.425 e. The lowest BCUT2D eigenvalue weighted by Gasteiger charge is -2.18. The van der Waals surface area contributed by atoms with Crippen molar-refractivity contribution in [3.63, 3.8) is 0 Å². The lowest BCUT2D eigenvalue weighted by molar-refractivity contribution is -0.134. The van der Waals surface area contributed by atoms with Gasteiger partial charge in [0.25, 0.3) is 0 Å². The summed E-state index contributed by atoms with van der Waals surface area (Å²) in [7, 11) is 0. The third-order valence-corrected chi connectivity index (χ3v) is 3.70. The van der Waals surface area contributed by atoms with E-state index in [1.165, 1.54) is 6.07 Å². The minimum Gasteiger partial charge on any atom is -0.322 e. The average Bonchev–Trinajstić information content (AvgIpc) is 2.57. The highest BCUT2D eigenvalue weighted by molar-refractivity contribution is 7.19. The maximum Gasteiger partial charge on any atom is 0.425 e. The number of halogens is 3. The number of alkyl halides is 3. The van der Waals surface area contributed by atoms with E-state index in [9.17, 15) is 13.2 Å². The van der Waals surface area contributed by atoms with Crippen molar-refractivity contribution in [2.24, 2.45) is 5.73 Å². The first-order chi connectivity index (χ1) is 7.68. The van der Waals surface area contributed by atoms with Crippen molar-refractivity contribution in [1.29, 1.82) is 0 Å². The average molecular weight is 259 g/mol. The summed E-state index contributed by atoms with van der Waals surface area (Å²) in [6.45, 7) is 3.65. The van der Waals surface area contributed by atoms with Crippen LogP contribution in [0.25, 0.3) is 10.1 Å². The molecule has 0 saturated heterocycles. The summed E-state index contributed by atoms with van der Waals surface area (Å²) in [6.07, 6.45) is -4.28. The highest BCUT2D eigenvalue weighted by Crippen LogP contribution is 2.38. The first-order valence-electron chi connectivity index (χ1n) is 5.08. The summed E-state index contributed by atoms with van der Waals surface area (Å²) in [6, 6.07) is 6.37. The summed E-state index contributed by atoms with van der Waals surface area (Å²) in [4.78, 5) is -0.570. The van der Waals surface area contributed by atoms with Crippen molar-refractivity contribution < 1.29 is 13.2 Å². The molecule has 0 amide bonds. The Labute approximate surface area is 101 Å². The maximum absolute atomic E-state index is 12.5. The van der Waals surface area contributed by atoms with Gasteiger partial charge in [-0.25, -0.2) is 0 Å². The van der Waals surface area contributed by atoms with Gasteiger partial charge in [-0.05, 0) is 43.0 Å². The van der Waals surface area contributed by atoms with Crippen LogP contribution < -0.4 is 5.73 Å². The molecule has 5 heteroatoms. The predicted molar refractivity (Wildman–Crippen MR) is 64.0 cm³/mol. The molecule has 0 aliphatic heterocycles. The van der Waals surface area contributed by atoms with E-state index in [1.54, 1.807) is 18.2 Å². The zero-order chi connectivity index (χ0) is 12.8. The van der Waals surface area contributed by atoms with E-state index in [2.05, 4.69) is 0 Å². The highest BCUT2D eigenvalue weighted by Gasteiger charge is 2.32. The van der Waals surface area contributed by atoms with Crippen molar-refractivity contribution in [3.05, 3.63) is 34.7 Å². The summed E-state index contributed by atoms with van der Waals surface area (Å²) in [5.41, 5.74) is 6.20. The number of thiophene rings is 1. The van der Waals surface area contributed by atoms with Crippen LogP contribution in [0.15, 0.2) is 24.3 Å². The molecule has 0 bridgehead atoms. The molecule has 92 valence electrons. The van der Waals surface area contributed by atoms with E-state index in [1.807, 2.05) is 13.8 Å². The molecule has 0 aliphatic rings. The topological polar surface area (TPSA) is 26.0 Å². The maximum atomic E-state index is 12.5. The molecular formula is C12H12F3NS. The lowest BCUT2D eigenvalue weighted by atomic mass is 9.95. The van der Waals surface area contributed by atoms with Crippen LogP contribution in [0.3, 0.4) is 0 Å². The molecule has 0 atom stereocenters. The Hall–Kier alpha value is -1.07. The van der Waals surface area contributed by atoms with E-state index >= 15 is 0 Å². The van der Waals surface area contributed by atoms with Crippen molar-refractivity contribution in [2.75, 3.05) is 0 Å². The Morgan fingerprint density at radius 3 is 2.29 bits per heavy atom. The van der Waals surface area contributed by atoms with Gasteiger partial charge in [0, 0.05) is 10.2 Å². The van der Waals surface area contributed by atoms with Crippen molar-refractivity contribution in [3.8, 4) is 0 Å². The first kappa shape index (κ1) is 12.4. The predicted octanol–water partition coefficient (Wildman–Crippen LogP) is 4.11. The Kier molecular flexibility index (Phi) is 2.71. The minimum absolute atomic E-state index is 0.547. The second-order valence-corrected chi connectivity index (χ2v) is 5.67. The van der Waals surface area contributed by atoms with Gasteiger partial charge in [-0.2, -0.15) is 13.2 Å². The normalized spacial score (nSPS) is 13.3. The molecule has 1 aromatic carbocycles. The van der Waals surface area contributed by atoms with Gasteiger partial charge in [-0.1, -0.05) is 6.07 Å². The molecule has 0 unspecified atom stereocenters. The molecule has 2 rings (SSSR count). The quantitative estimate of drug-likeness (QED) is 0.819. The van der Waals surface area contributed by atoms with Crippen LogP contribution in [0.5, 0.6) is 0 Å². The summed E-state index contributed by atoms with van der Waals surface area (Å²) < 4.78 is 38.3. The molecule has 1 heterocycles. The third kappa shape index (κ3) is 2.45. The Morgan fingerprint density at radius 1 is 1.12 bits per heavy atom. The fourth-order valence-electron chi connectivity index (χ4n) is 1.58. The van der Waals surface area contributed by atoms with Gasteiger partial charge in [0.1, 0.15) is 4.88 Å². The monoisotopic (exact) mass is 259 g/mol. The molecule has 1 nitrogen and oxygen atoms in total. The second kappa shape index (κ2) is 3.71. The highest BCUT2D eigenvalue weighted by atomic mass is 32.1. The van der Waals surface area contributed by atoms with Gasteiger partial charge in [0.05, 0.1) is 0 Å². The van der Waals surface area contributed by atoms with Crippen LogP contribution in [0.4, 0.5) is 13.2 Å². The number of hydrogen-bond donors (Lipinski definition) is 1. The number of hydrogen-bond acceptors (Lipinski definition) is 2. The van der Waals surface area contributed by atoms with Gasteiger partial charge in [-0.15, -0.1) is 11.3 Å². The zero-order valence-electron chi connectivity index (χ0n) is 9.43. The summed E-state index contributed by atoms with van der Waals surface area (Å²) in [5.74, 6) is 0. The molecule has 0 spiro atoms. The minimum atomic E-state index is -4.28. The Balaban J connectivity index is 2.56. The second-order valence-electron chi connectivity index (χ2n) is 4.58. The first-order valence-corrected chi connectivity index (χ1v) is 5.90. The number of fused-ring (bicyclic) bond motifs is 1. The molecule has 2 aromatic rings. The van der Waals surface area contributed by atoms with Crippen molar-refractivity contribution >= 4 is 21.4 Å². The molecule has 1 aromatic heterocycles. The van der Waals surface area contributed by atoms with Crippen LogP contribution >= 0.6 is 11.3 Å². The molecule has 0 radical (unpaired) electrons. The molecule has 0 saturated carbocycles. The summed E-state index contributed by atoms with van der Waals surface area (Å²) in [5, 5.41) is 0.596.